The summed E-state index contributed by atoms with van der Waals surface area (Å²) in [6.07, 6.45) is 4.30. The Hall–Kier alpha value is -1.39. The first-order chi connectivity index (χ1) is 8.60. The van der Waals surface area contributed by atoms with Crippen LogP contribution in [0.4, 0.5) is 16.2 Å². The first-order valence-corrected chi connectivity index (χ1v) is 6.59. The van der Waals surface area contributed by atoms with Crippen molar-refractivity contribution in [3.63, 3.8) is 0 Å². The number of halogens is 1. The topological polar surface area (TPSA) is 41.1 Å². The van der Waals surface area contributed by atoms with Crippen molar-refractivity contribution in [1.82, 2.24) is 9.97 Å². The monoisotopic (exact) mass is 254 g/mol. The van der Waals surface area contributed by atoms with E-state index in [1.807, 2.05) is 11.9 Å². The Labute approximate surface area is 109 Å². The zero-order valence-corrected chi connectivity index (χ0v) is 11.7. The summed E-state index contributed by atoms with van der Waals surface area (Å²) < 4.78 is 13.7. The molecular weight excluding hydrogens is 231 g/mol. The van der Waals surface area contributed by atoms with Crippen molar-refractivity contribution in [2.75, 3.05) is 23.8 Å². The average molecular weight is 254 g/mol. The highest BCUT2D eigenvalue weighted by molar-refractivity contribution is 5.43. The molecule has 1 aromatic heterocycles. The van der Waals surface area contributed by atoms with Gasteiger partial charge in [0.25, 0.3) is 0 Å². The van der Waals surface area contributed by atoms with E-state index in [1.54, 1.807) is 0 Å². The molecule has 1 unspecified atom stereocenters. The molecular formula is C13H23FN4. The van der Waals surface area contributed by atoms with Crippen molar-refractivity contribution < 1.29 is 4.39 Å². The summed E-state index contributed by atoms with van der Waals surface area (Å²) in [5.41, 5.74) is 0. The summed E-state index contributed by atoms with van der Waals surface area (Å²) in [6, 6.07) is 0.262. The molecule has 1 heterocycles. The molecule has 5 heteroatoms. The molecule has 18 heavy (non-hydrogen) atoms. The molecule has 1 rings (SSSR count). The van der Waals surface area contributed by atoms with Crippen LogP contribution in [-0.4, -0.2) is 29.6 Å². The van der Waals surface area contributed by atoms with Crippen LogP contribution in [0.2, 0.25) is 0 Å². The maximum Gasteiger partial charge on any atom is 0.224 e. The number of nitrogens with one attached hydrogen (secondary N) is 1. The Morgan fingerprint density at radius 3 is 2.72 bits per heavy atom. The molecule has 0 bridgehead atoms. The van der Waals surface area contributed by atoms with Crippen LogP contribution in [0.5, 0.6) is 0 Å². The molecule has 1 atom stereocenters. The van der Waals surface area contributed by atoms with Gasteiger partial charge in [0.1, 0.15) is 0 Å². The quantitative estimate of drug-likeness (QED) is 0.812. The van der Waals surface area contributed by atoms with Gasteiger partial charge >= 0.3 is 0 Å². The van der Waals surface area contributed by atoms with Crippen molar-refractivity contribution in [1.29, 1.82) is 0 Å². The third kappa shape index (κ3) is 3.82. The van der Waals surface area contributed by atoms with E-state index in [4.69, 9.17) is 0 Å². The first-order valence-electron chi connectivity index (χ1n) is 6.59. The minimum Gasteiger partial charge on any atom is -0.354 e. The lowest BCUT2D eigenvalue weighted by atomic mass is 10.2. The predicted octanol–water partition coefficient (Wildman–Crippen LogP) is 3.06. The summed E-state index contributed by atoms with van der Waals surface area (Å²) in [5, 5.41) is 3.07. The van der Waals surface area contributed by atoms with Crippen molar-refractivity contribution in [3.05, 3.63) is 12.0 Å². The summed E-state index contributed by atoms with van der Waals surface area (Å²) >= 11 is 0. The smallest absolute Gasteiger partial charge is 0.224 e. The second kappa shape index (κ2) is 7.13. The van der Waals surface area contributed by atoms with Crippen molar-refractivity contribution in [3.8, 4) is 0 Å². The molecule has 0 aliphatic carbocycles. The molecule has 0 radical (unpaired) electrons. The average Bonchev–Trinajstić information content (AvgIpc) is 2.37. The number of rotatable bonds is 7. The second-order valence-electron chi connectivity index (χ2n) is 4.54. The third-order valence-corrected chi connectivity index (χ3v) is 2.96. The molecule has 0 saturated heterocycles. The van der Waals surface area contributed by atoms with Crippen molar-refractivity contribution in [2.24, 2.45) is 0 Å². The number of anilines is 2. The predicted molar refractivity (Wildman–Crippen MR) is 73.5 cm³/mol. The van der Waals surface area contributed by atoms with E-state index >= 15 is 0 Å². The highest BCUT2D eigenvalue weighted by atomic mass is 19.1. The van der Waals surface area contributed by atoms with Crippen LogP contribution < -0.4 is 10.2 Å². The highest BCUT2D eigenvalue weighted by Crippen LogP contribution is 2.19. The van der Waals surface area contributed by atoms with Crippen molar-refractivity contribution >= 4 is 11.8 Å². The lowest BCUT2D eigenvalue weighted by Crippen LogP contribution is -2.30. The van der Waals surface area contributed by atoms with E-state index in [9.17, 15) is 4.39 Å². The molecule has 1 N–H and O–H groups in total. The number of aromatic nitrogens is 2. The fourth-order valence-corrected chi connectivity index (χ4v) is 1.75. The molecule has 0 saturated carbocycles. The van der Waals surface area contributed by atoms with Crippen LogP contribution in [0.15, 0.2) is 6.20 Å². The van der Waals surface area contributed by atoms with Gasteiger partial charge in [0.15, 0.2) is 11.6 Å². The second-order valence-corrected chi connectivity index (χ2v) is 4.54. The van der Waals surface area contributed by atoms with Gasteiger partial charge in [-0.2, -0.15) is 4.98 Å². The lowest BCUT2D eigenvalue weighted by Gasteiger charge is -2.26. The number of hydrogen-bond donors (Lipinski definition) is 1. The minimum absolute atomic E-state index is 0.262. The molecule has 0 fully saturated rings. The fraction of sp³-hybridized carbons (Fsp3) is 0.692. The van der Waals surface area contributed by atoms with Gasteiger partial charge < -0.3 is 10.2 Å². The van der Waals surface area contributed by atoms with Gasteiger partial charge in [0.05, 0.1) is 6.20 Å². The van der Waals surface area contributed by atoms with Gasteiger partial charge in [-0.3, -0.25) is 0 Å². The van der Waals surface area contributed by atoms with E-state index in [0.29, 0.717) is 11.8 Å². The SMILES string of the molecule is CCCNc1ncc(F)c(N(C)C(C)CCC)n1. The van der Waals surface area contributed by atoms with Crippen LogP contribution in [0.25, 0.3) is 0 Å². The summed E-state index contributed by atoms with van der Waals surface area (Å²) in [7, 11) is 1.87. The van der Waals surface area contributed by atoms with Crippen LogP contribution in [0.1, 0.15) is 40.0 Å². The van der Waals surface area contributed by atoms with E-state index in [-0.39, 0.29) is 11.9 Å². The number of nitrogens with zero attached hydrogens (tertiary/aromatic N) is 3. The van der Waals surface area contributed by atoms with Crippen LogP contribution in [0.3, 0.4) is 0 Å². The van der Waals surface area contributed by atoms with Crippen molar-refractivity contribution in [2.45, 2.75) is 46.1 Å². The van der Waals surface area contributed by atoms with E-state index < -0.39 is 0 Å². The van der Waals surface area contributed by atoms with E-state index in [2.05, 4.69) is 36.1 Å². The molecule has 102 valence electrons. The standard InChI is InChI=1S/C13H23FN4/c1-5-7-10(3)18(4)12-11(14)9-16-13(17-12)15-8-6-2/h9-10H,5-8H2,1-4H3,(H,15,16,17). The Bertz CT molecular complexity index is 370. The van der Waals surface area contributed by atoms with Gasteiger partial charge in [-0.05, 0) is 19.8 Å². The molecule has 0 aliphatic rings. The normalized spacial score (nSPS) is 12.3. The minimum atomic E-state index is -0.373. The van der Waals surface area contributed by atoms with Gasteiger partial charge in [-0.15, -0.1) is 0 Å². The van der Waals surface area contributed by atoms with Gasteiger partial charge in [-0.1, -0.05) is 20.3 Å². The summed E-state index contributed by atoms with van der Waals surface area (Å²) in [5.74, 6) is 0.482. The molecule has 4 nitrogen and oxygen atoms in total. The summed E-state index contributed by atoms with van der Waals surface area (Å²) in [6.45, 7) is 7.05. The van der Waals surface area contributed by atoms with Gasteiger partial charge in [0, 0.05) is 19.6 Å². The molecule has 0 aliphatic heterocycles. The zero-order chi connectivity index (χ0) is 13.5. The molecule has 1 aromatic rings. The van der Waals surface area contributed by atoms with Crippen LogP contribution in [-0.2, 0) is 0 Å². The lowest BCUT2D eigenvalue weighted by molar-refractivity contribution is 0.570. The first kappa shape index (κ1) is 14.7. The van der Waals surface area contributed by atoms with E-state index in [1.165, 1.54) is 6.20 Å². The van der Waals surface area contributed by atoms with Crippen LogP contribution >= 0.6 is 0 Å². The van der Waals surface area contributed by atoms with Gasteiger partial charge in [0.2, 0.25) is 5.95 Å². The largest absolute Gasteiger partial charge is 0.354 e. The van der Waals surface area contributed by atoms with Gasteiger partial charge in [-0.25, -0.2) is 9.37 Å². The fourth-order valence-electron chi connectivity index (χ4n) is 1.75. The zero-order valence-electron chi connectivity index (χ0n) is 11.7. The summed E-state index contributed by atoms with van der Waals surface area (Å²) in [4.78, 5) is 10.1. The Balaban J connectivity index is 2.85. The maximum absolute atomic E-state index is 13.7. The maximum atomic E-state index is 13.7. The molecule has 0 amide bonds. The Morgan fingerprint density at radius 2 is 2.11 bits per heavy atom. The Morgan fingerprint density at radius 1 is 1.39 bits per heavy atom. The number of hydrogen-bond acceptors (Lipinski definition) is 4. The highest BCUT2D eigenvalue weighted by Gasteiger charge is 2.16. The van der Waals surface area contributed by atoms with E-state index in [0.717, 1.165) is 25.8 Å². The van der Waals surface area contributed by atoms with Crippen LogP contribution in [0, 0.1) is 5.82 Å². The third-order valence-electron chi connectivity index (χ3n) is 2.96. The molecule has 0 spiro atoms. The molecule has 0 aromatic carbocycles. The Kier molecular flexibility index (Phi) is 5.82.